The van der Waals surface area contributed by atoms with Crippen molar-refractivity contribution >= 4 is 40.7 Å². The summed E-state index contributed by atoms with van der Waals surface area (Å²) in [4.78, 5) is 4.48. The van der Waals surface area contributed by atoms with E-state index in [4.69, 9.17) is 17.0 Å². The standard InChI is InChI=1S/C15H22N2O3S2.ClH/c1-16-3-5-17(6-4-16)15(21)22-10-12-7-11(9-18)8-13(20-2)14(12)19;/h7-8,18-19H,3-6,9-10H2,1-2H3;1H. The molecule has 2 rings (SSSR count). The fraction of sp³-hybridized carbons (Fsp3) is 0.533. The first kappa shape index (κ1) is 20.3. The lowest BCUT2D eigenvalue weighted by molar-refractivity contribution is 0.220. The van der Waals surface area contributed by atoms with E-state index in [1.165, 1.54) is 18.9 Å². The van der Waals surface area contributed by atoms with Gasteiger partial charge in [-0.15, -0.1) is 12.4 Å². The van der Waals surface area contributed by atoms with Gasteiger partial charge in [0, 0.05) is 37.5 Å². The predicted molar refractivity (Wildman–Crippen MR) is 101 cm³/mol. The van der Waals surface area contributed by atoms with Crippen LogP contribution < -0.4 is 4.74 Å². The highest BCUT2D eigenvalue weighted by Gasteiger charge is 2.18. The quantitative estimate of drug-likeness (QED) is 0.778. The van der Waals surface area contributed by atoms with Gasteiger partial charge in [-0.3, -0.25) is 0 Å². The van der Waals surface area contributed by atoms with E-state index in [1.807, 2.05) is 0 Å². The number of hydrogen-bond donors (Lipinski definition) is 2. The van der Waals surface area contributed by atoms with Crippen LogP contribution in [0, 0.1) is 0 Å². The molecule has 1 aromatic carbocycles. The first-order valence-corrected chi connectivity index (χ1v) is 8.54. The molecule has 2 N–H and O–H groups in total. The van der Waals surface area contributed by atoms with Crippen molar-refractivity contribution in [2.24, 2.45) is 0 Å². The van der Waals surface area contributed by atoms with Gasteiger partial charge in [-0.1, -0.05) is 24.0 Å². The number of likely N-dealkylation sites (N-methyl/N-ethyl adjacent to an activating group) is 1. The second-order valence-corrected chi connectivity index (χ2v) is 6.92. The van der Waals surface area contributed by atoms with Crippen LogP contribution in [0.25, 0.3) is 0 Å². The van der Waals surface area contributed by atoms with Gasteiger partial charge in [0.1, 0.15) is 4.32 Å². The number of nitrogens with zero attached hydrogens (tertiary/aromatic N) is 2. The maximum Gasteiger partial charge on any atom is 0.161 e. The summed E-state index contributed by atoms with van der Waals surface area (Å²) in [5, 5.41) is 19.5. The number of benzene rings is 1. The molecular weight excluding hydrogens is 356 g/mol. The van der Waals surface area contributed by atoms with Gasteiger partial charge in [0.25, 0.3) is 0 Å². The summed E-state index contributed by atoms with van der Waals surface area (Å²) in [6.45, 7) is 3.82. The van der Waals surface area contributed by atoms with Gasteiger partial charge in [-0.2, -0.15) is 0 Å². The summed E-state index contributed by atoms with van der Waals surface area (Å²) >= 11 is 7.02. The first-order chi connectivity index (χ1) is 10.5. The number of piperazine rings is 1. The van der Waals surface area contributed by atoms with Crippen LogP contribution >= 0.6 is 36.4 Å². The third-order valence-electron chi connectivity index (χ3n) is 3.73. The average molecular weight is 379 g/mol. The topological polar surface area (TPSA) is 56.2 Å². The summed E-state index contributed by atoms with van der Waals surface area (Å²) in [5.74, 6) is 1.06. The molecule has 0 spiro atoms. The number of phenolic OH excluding ortho intramolecular Hbond substituents is 1. The Bertz CT molecular complexity index is 538. The zero-order valence-corrected chi connectivity index (χ0v) is 15.8. The lowest BCUT2D eigenvalue weighted by atomic mass is 10.1. The van der Waals surface area contributed by atoms with Crippen molar-refractivity contribution in [1.29, 1.82) is 0 Å². The molecule has 5 nitrogen and oxygen atoms in total. The number of aliphatic hydroxyl groups is 1. The SMILES string of the molecule is COc1cc(CO)cc(CSC(=S)N2CCN(C)CC2)c1O.Cl. The maximum absolute atomic E-state index is 10.2. The Balaban J connectivity index is 0.00000264. The van der Waals surface area contributed by atoms with Gasteiger partial charge < -0.3 is 24.7 Å². The van der Waals surface area contributed by atoms with Gasteiger partial charge >= 0.3 is 0 Å². The molecule has 1 heterocycles. The number of rotatable bonds is 4. The van der Waals surface area contributed by atoms with Crippen molar-refractivity contribution in [3.63, 3.8) is 0 Å². The number of thiocarbonyl (C=S) groups is 1. The highest BCUT2D eigenvalue weighted by atomic mass is 35.5. The molecule has 1 saturated heterocycles. The second kappa shape index (κ2) is 9.54. The molecule has 0 saturated carbocycles. The lowest BCUT2D eigenvalue weighted by Gasteiger charge is -2.33. The third-order valence-corrected chi connectivity index (χ3v) is 5.30. The maximum atomic E-state index is 10.2. The molecule has 130 valence electrons. The molecule has 0 aromatic heterocycles. The molecule has 0 radical (unpaired) electrons. The Morgan fingerprint density at radius 3 is 2.52 bits per heavy atom. The van der Waals surface area contributed by atoms with Crippen molar-refractivity contribution in [3.8, 4) is 11.5 Å². The number of aromatic hydroxyl groups is 1. The van der Waals surface area contributed by atoms with Crippen LogP contribution in [-0.4, -0.2) is 64.7 Å². The number of thioether (sulfide) groups is 1. The molecule has 0 atom stereocenters. The largest absolute Gasteiger partial charge is 0.504 e. The van der Waals surface area contributed by atoms with Crippen LogP contribution in [0.5, 0.6) is 11.5 Å². The number of ether oxygens (including phenoxy) is 1. The Hall–Kier alpha value is -0.730. The molecule has 1 aromatic rings. The summed E-state index contributed by atoms with van der Waals surface area (Å²) in [6, 6.07) is 3.43. The van der Waals surface area contributed by atoms with Crippen LogP contribution in [-0.2, 0) is 12.4 Å². The van der Waals surface area contributed by atoms with E-state index >= 15 is 0 Å². The summed E-state index contributed by atoms with van der Waals surface area (Å²) < 4.78 is 5.99. The molecule has 8 heteroatoms. The normalized spacial score (nSPS) is 15.2. The zero-order chi connectivity index (χ0) is 16.1. The number of aliphatic hydroxyl groups excluding tert-OH is 1. The third kappa shape index (κ3) is 5.39. The van der Waals surface area contributed by atoms with Gasteiger partial charge in [0.05, 0.1) is 13.7 Å². The number of hydrogen-bond acceptors (Lipinski definition) is 6. The molecular formula is C15H23ClN2O3S2. The van der Waals surface area contributed by atoms with Crippen LogP contribution in [0.3, 0.4) is 0 Å². The van der Waals surface area contributed by atoms with E-state index in [0.29, 0.717) is 11.5 Å². The summed E-state index contributed by atoms with van der Waals surface area (Å²) in [7, 11) is 3.61. The fourth-order valence-electron chi connectivity index (χ4n) is 2.31. The molecule has 0 bridgehead atoms. The Kier molecular flexibility index (Phi) is 8.42. The first-order valence-electron chi connectivity index (χ1n) is 7.15. The van der Waals surface area contributed by atoms with E-state index in [2.05, 4.69) is 16.8 Å². The Morgan fingerprint density at radius 2 is 1.96 bits per heavy atom. The molecule has 0 amide bonds. The molecule has 1 fully saturated rings. The van der Waals surface area contributed by atoms with E-state index in [0.717, 1.165) is 41.6 Å². The molecule has 1 aliphatic rings. The van der Waals surface area contributed by atoms with Crippen molar-refractivity contribution in [2.75, 3.05) is 40.3 Å². The Labute approximate surface area is 153 Å². The van der Waals surface area contributed by atoms with Crippen molar-refractivity contribution in [3.05, 3.63) is 23.3 Å². The minimum absolute atomic E-state index is 0. The highest BCUT2D eigenvalue weighted by molar-refractivity contribution is 8.22. The van der Waals surface area contributed by atoms with E-state index in [-0.39, 0.29) is 24.8 Å². The monoisotopic (exact) mass is 378 g/mol. The van der Waals surface area contributed by atoms with Gasteiger partial charge in [-0.05, 0) is 24.7 Å². The second-order valence-electron chi connectivity index (χ2n) is 5.31. The average Bonchev–Trinajstić information content (AvgIpc) is 2.54. The van der Waals surface area contributed by atoms with Crippen molar-refractivity contribution in [2.45, 2.75) is 12.4 Å². The van der Waals surface area contributed by atoms with Crippen LogP contribution in [0.2, 0.25) is 0 Å². The van der Waals surface area contributed by atoms with Crippen LogP contribution in [0.4, 0.5) is 0 Å². The summed E-state index contributed by atoms with van der Waals surface area (Å²) in [6.07, 6.45) is 0. The molecule has 0 unspecified atom stereocenters. The molecule has 1 aliphatic heterocycles. The minimum Gasteiger partial charge on any atom is -0.504 e. The predicted octanol–water partition coefficient (Wildman–Crippen LogP) is 2.08. The number of methoxy groups -OCH3 is 1. The molecule has 23 heavy (non-hydrogen) atoms. The Morgan fingerprint density at radius 1 is 1.30 bits per heavy atom. The fourth-order valence-corrected chi connectivity index (χ4v) is 3.53. The zero-order valence-electron chi connectivity index (χ0n) is 13.3. The van der Waals surface area contributed by atoms with Gasteiger partial charge in [0.15, 0.2) is 11.5 Å². The minimum atomic E-state index is -0.0861. The molecule has 0 aliphatic carbocycles. The van der Waals surface area contributed by atoms with E-state index < -0.39 is 0 Å². The van der Waals surface area contributed by atoms with Gasteiger partial charge in [-0.25, -0.2) is 0 Å². The van der Waals surface area contributed by atoms with Crippen molar-refractivity contribution in [1.82, 2.24) is 9.80 Å². The highest BCUT2D eigenvalue weighted by Crippen LogP contribution is 2.34. The lowest BCUT2D eigenvalue weighted by Crippen LogP contribution is -2.45. The van der Waals surface area contributed by atoms with E-state index in [1.54, 1.807) is 12.1 Å². The summed E-state index contributed by atoms with van der Waals surface area (Å²) in [5.41, 5.74) is 1.45. The number of phenols is 1. The number of halogens is 1. The van der Waals surface area contributed by atoms with Crippen molar-refractivity contribution < 1.29 is 14.9 Å². The van der Waals surface area contributed by atoms with E-state index in [9.17, 15) is 10.2 Å². The smallest absolute Gasteiger partial charge is 0.161 e. The van der Waals surface area contributed by atoms with Crippen LogP contribution in [0.15, 0.2) is 12.1 Å². The van der Waals surface area contributed by atoms with Gasteiger partial charge in [0.2, 0.25) is 0 Å². The van der Waals surface area contributed by atoms with Crippen LogP contribution in [0.1, 0.15) is 11.1 Å².